The fraction of sp³-hybridized carbons (Fsp3) is 0.400. The molecule has 3 heteroatoms. The Morgan fingerprint density at radius 3 is 2.83 bits per heavy atom. The number of carbonyl (C=O) groups excluding carboxylic acids is 1. The van der Waals surface area contributed by atoms with Gasteiger partial charge in [0.2, 0.25) is 0 Å². The summed E-state index contributed by atoms with van der Waals surface area (Å²) in [5, 5.41) is 0.421. The molecule has 1 aromatic rings. The molecule has 0 spiro atoms. The van der Waals surface area contributed by atoms with E-state index in [1.165, 1.54) is 0 Å². The molecule has 1 unspecified atom stereocenters. The second kappa shape index (κ2) is 7.93. The predicted octanol–water partition coefficient (Wildman–Crippen LogP) is 4.63. The van der Waals surface area contributed by atoms with Gasteiger partial charge < -0.3 is 4.74 Å². The molecule has 1 aromatic carbocycles. The van der Waals surface area contributed by atoms with Gasteiger partial charge in [-0.3, -0.25) is 0 Å². The van der Waals surface area contributed by atoms with Gasteiger partial charge in [-0.2, -0.15) is 0 Å². The Kier molecular flexibility index (Phi) is 6.51. The minimum Gasteiger partial charge on any atom is -0.455 e. The fourth-order valence-corrected chi connectivity index (χ4v) is 1.72. The molecule has 18 heavy (non-hydrogen) atoms. The number of halogens is 1. The summed E-state index contributed by atoms with van der Waals surface area (Å²) in [7, 11) is 0. The topological polar surface area (TPSA) is 26.3 Å². The van der Waals surface area contributed by atoms with Gasteiger partial charge in [0, 0.05) is 0 Å². The van der Waals surface area contributed by atoms with E-state index in [-0.39, 0.29) is 12.1 Å². The highest BCUT2D eigenvalue weighted by molar-refractivity contribution is 6.33. The molecule has 98 valence electrons. The number of carbonyl (C=O) groups is 1. The zero-order valence-electron chi connectivity index (χ0n) is 10.9. The van der Waals surface area contributed by atoms with E-state index < -0.39 is 0 Å². The number of hydrogen-bond donors (Lipinski definition) is 0. The lowest BCUT2D eigenvalue weighted by Gasteiger charge is -2.10. The number of unbranched alkanes of at least 4 members (excludes halogenated alkanes) is 2. The Morgan fingerprint density at radius 2 is 2.17 bits per heavy atom. The lowest BCUT2D eigenvalue weighted by molar-refractivity contribution is 0.0424. The molecule has 0 aliphatic heterocycles. The average molecular weight is 267 g/mol. The van der Waals surface area contributed by atoms with Crippen LogP contribution in [0.1, 0.15) is 43.5 Å². The van der Waals surface area contributed by atoms with Gasteiger partial charge in [-0.05, 0) is 31.6 Å². The quantitative estimate of drug-likeness (QED) is 0.426. The first-order valence-electron chi connectivity index (χ1n) is 6.27. The van der Waals surface area contributed by atoms with Crippen LogP contribution in [0.5, 0.6) is 0 Å². The molecule has 0 amide bonds. The highest BCUT2D eigenvalue weighted by Crippen LogP contribution is 2.16. The van der Waals surface area contributed by atoms with Crippen molar-refractivity contribution in [3.8, 4) is 0 Å². The monoisotopic (exact) mass is 266 g/mol. The van der Waals surface area contributed by atoms with Gasteiger partial charge in [0.05, 0.1) is 10.6 Å². The van der Waals surface area contributed by atoms with Crippen molar-refractivity contribution >= 4 is 17.6 Å². The van der Waals surface area contributed by atoms with Gasteiger partial charge >= 0.3 is 5.97 Å². The van der Waals surface area contributed by atoms with Gasteiger partial charge in [0.25, 0.3) is 0 Å². The lowest BCUT2D eigenvalue weighted by atomic mass is 10.2. The largest absolute Gasteiger partial charge is 0.455 e. The Balaban J connectivity index is 2.50. The summed E-state index contributed by atoms with van der Waals surface area (Å²) < 4.78 is 5.29. The van der Waals surface area contributed by atoms with Crippen molar-refractivity contribution in [2.45, 2.75) is 39.2 Å². The molecule has 0 heterocycles. The number of esters is 1. The zero-order valence-corrected chi connectivity index (χ0v) is 11.6. The Hall–Kier alpha value is -1.28. The van der Waals surface area contributed by atoms with Crippen LogP contribution in [0.4, 0.5) is 0 Å². The summed E-state index contributed by atoms with van der Waals surface area (Å²) in [5.41, 5.74) is 0.410. The molecule has 0 radical (unpaired) electrons. The molecule has 0 aliphatic rings. The van der Waals surface area contributed by atoms with Crippen LogP contribution in [0.3, 0.4) is 0 Å². The third-order valence-electron chi connectivity index (χ3n) is 2.52. The lowest BCUT2D eigenvalue weighted by Crippen LogP contribution is -2.13. The zero-order chi connectivity index (χ0) is 13.4. The minimum absolute atomic E-state index is 0.231. The Labute approximate surface area is 114 Å². The number of allylic oxidation sites excluding steroid dienone is 1. The molecule has 0 aromatic heterocycles. The van der Waals surface area contributed by atoms with E-state index in [1.807, 2.05) is 19.1 Å². The van der Waals surface area contributed by atoms with Crippen LogP contribution in [-0.2, 0) is 4.74 Å². The second-order valence-corrected chi connectivity index (χ2v) is 4.57. The van der Waals surface area contributed by atoms with Gasteiger partial charge in [0.15, 0.2) is 0 Å². The van der Waals surface area contributed by atoms with Crippen molar-refractivity contribution in [3.05, 3.63) is 47.0 Å². The minimum atomic E-state index is -0.381. The maximum Gasteiger partial charge on any atom is 0.340 e. The molecular formula is C15H19ClO2. The van der Waals surface area contributed by atoms with E-state index in [2.05, 4.69) is 6.92 Å². The van der Waals surface area contributed by atoms with Crippen LogP contribution in [0.15, 0.2) is 36.4 Å². The smallest absolute Gasteiger partial charge is 0.340 e. The van der Waals surface area contributed by atoms with E-state index in [0.717, 1.165) is 19.3 Å². The van der Waals surface area contributed by atoms with Gasteiger partial charge in [-0.1, -0.05) is 49.6 Å². The normalized spacial score (nSPS) is 12.6. The first-order valence-corrected chi connectivity index (χ1v) is 6.65. The first kappa shape index (κ1) is 14.8. The molecule has 0 saturated heterocycles. The summed E-state index contributed by atoms with van der Waals surface area (Å²) in [6.07, 6.45) is 7.06. The van der Waals surface area contributed by atoms with Crippen LogP contribution in [0.25, 0.3) is 0 Å². The second-order valence-electron chi connectivity index (χ2n) is 4.16. The van der Waals surface area contributed by atoms with Gasteiger partial charge in [0.1, 0.15) is 6.10 Å². The maximum atomic E-state index is 11.8. The average Bonchev–Trinajstić information content (AvgIpc) is 2.35. The molecule has 0 aliphatic carbocycles. The van der Waals surface area contributed by atoms with Crippen LogP contribution >= 0.6 is 11.6 Å². The Bertz CT molecular complexity index is 413. The van der Waals surface area contributed by atoms with Crippen molar-refractivity contribution in [1.29, 1.82) is 0 Å². The molecule has 2 nitrogen and oxygen atoms in total. The number of rotatable bonds is 6. The van der Waals surface area contributed by atoms with Crippen LogP contribution in [-0.4, -0.2) is 12.1 Å². The third kappa shape index (κ3) is 4.92. The summed E-state index contributed by atoms with van der Waals surface area (Å²) in [6, 6.07) is 6.90. The first-order chi connectivity index (χ1) is 8.65. The Morgan fingerprint density at radius 1 is 1.44 bits per heavy atom. The molecule has 0 fully saturated rings. The standard InChI is InChI=1S/C15H19ClO2/c1-3-4-5-6-9-12(2)18-15(17)13-10-7-8-11-14(13)16/h6-12H,3-5H2,1-2H3/b9-6+. The van der Waals surface area contributed by atoms with Crippen molar-refractivity contribution in [2.75, 3.05) is 0 Å². The molecule has 1 atom stereocenters. The van der Waals surface area contributed by atoms with Crippen molar-refractivity contribution in [3.63, 3.8) is 0 Å². The highest BCUT2D eigenvalue weighted by Gasteiger charge is 2.12. The van der Waals surface area contributed by atoms with Crippen LogP contribution in [0.2, 0.25) is 5.02 Å². The number of hydrogen-bond acceptors (Lipinski definition) is 2. The number of ether oxygens (including phenoxy) is 1. The van der Waals surface area contributed by atoms with Crippen molar-refractivity contribution < 1.29 is 9.53 Å². The van der Waals surface area contributed by atoms with E-state index in [4.69, 9.17) is 16.3 Å². The summed E-state index contributed by atoms with van der Waals surface area (Å²) in [6.45, 7) is 3.99. The van der Waals surface area contributed by atoms with E-state index >= 15 is 0 Å². The third-order valence-corrected chi connectivity index (χ3v) is 2.85. The van der Waals surface area contributed by atoms with Crippen LogP contribution < -0.4 is 0 Å². The van der Waals surface area contributed by atoms with Crippen molar-refractivity contribution in [1.82, 2.24) is 0 Å². The summed E-state index contributed by atoms with van der Waals surface area (Å²) >= 11 is 5.93. The van der Waals surface area contributed by atoms with E-state index in [0.29, 0.717) is 10.6 Å². The fourth-order valence-electron chi connectivity index (χ4n) is 1.51. The van der Waals surface area contributed by atoms with Crippen molar-refractivity contribution in [2.24, 2.45) is 0 Å². The molecule has 0 N–H and O–H groups in total. The van der Waals surface area contributed by atoms with Gasteiger partial charge in [-0.15, -0.1) is 0 Å². The highest BCUT2D eigenvalue weighted by atomic mass is 35.5. The predicted molar refractivity (Wildman–Crippen MR) is 75.0 cm³/mol. The molecule has 0 bridgehead atoms. The SMILES string of the molecule is CCCC/C=C/C(C)OC(=O)c1ccccc1Cl. The summed E-state index contributed by atoms with van der Waals surface area (Å²) in [4.78, 5) is 11.8. The van der Waals surface area contributed by atoms with Crippen LogP contribution in [0, 0.1) is 0 Å². The number of benzene rings is 1. The summed E-state index contributed by atoms with van der Waals surface area (Å²) in [5.74, 6) is -0.381. The van der Waals surface area contributed by atoms with E-state index in [9.17, 15) is 4.79 Å². The molecule has 1 rings (SSSR count). The van der Waals surface area contributed by atoms with E-state index in [1.54, 1.807) is 24.3 Å². The molecule has 0 saturated carbocycles. The molecular weight excluding hydrogens is 248 g/mol. The van der Waals surface area contributed by atoms with Gasteiger partial charge in [-0.25, -0.2) is 4.79 Å². The maximum absolute atomic E-state index is 11.8.